The van der Waals surface area contributed by atoms with Crippen LogP contribution in [0.1, 0.15) is 163 Å². The van der Waals surface area contributed by atoms with E-state index in [1.54, 1.807) is 65.0 Å². The molecule has 0 amide bonds. The summed E-state index contributed by atoms with van der Waals surface area (Å²) in [5.74, 6) is 1.33. The number of rotatable bonds is 34. The summed E-state index contributed by atoms with van der Waals surface area (Å²) in [5, 5.41) is 78.3. The van der Waals surface area contributed by atoms with E-state index in [-0.39, 0.29) is 61.4 Å². The van der Waals surface area contributed by atoms with Gasteiger partial charge in [0.25, 0.3) is 0 Å². The highest BCUT2D eigenvalue weighted by molar-refractivity contribution is 7.23. The molecule has 4 aromatic carbocycles. The number of aryl methyl sites for hydroxylation is 6. The van der Waals surface area contributed by atoms with Gasteiger partial charge in [-0.1, -0.05) is 44.2 Å². The lowest BCUT2D eigenvalue weighted by atomic mass is 9.84. The molecule has 14 heterocycles. The Labute approximate surface area is 843 Å². The summed E-state index contributed by atoms with van der Waals surface area (Å²) in [6.45, 7) is 25.7. The summed E-state index contributed by atoms with van der Waals surface area (Å²) in [5.41, 5.74) is 8.41. The number of thiophene rings is 1. The fourth-order valence-electron chi connectivity index (χ4n) is 23.5. The van der Waals surface area contributed by atoms with Gasteiger partial charge in [-0.25, -0.2) is 34.9 Å². The highest BCUT2D eigenvalue weighted by atomic mass is 32.1. The molecule has 0 bridgehead atoms. The molecular formula is C106H120N20O13S4. The number of anilines is 8. The standard InChI is InChI=1S/C106H120N20O13S4/c1-15-68-70-45-64(102(12)135-87-62(51-128)33-36-104(87,139-102)124-90-82(93-116-72-24-16-17-25-77(72)141-93)57(5)113-95(121-90)107-47-65-21-18-38-126(65)13)28-31-76(70)140-84(68)80-55(3)111-97(109-49-67-23-20-40-133-67)120-89(80)125-105-37-34-71-85(130)106(71,105)138-101(11,137-105)46-60-27-30-79-75(43-60)118-92(142-79)81-56(4)112-96(108-48-66-22-19-39-132-66)119-88(81)115-73-44-63(52-129)69(54(73)2)41-59-26-29-78-74(42-59)117-94(143-78)83-58(6)114-98(110-53-99(7,8)131-14)122-91(83)123-103-35-32-61(50-127)86(103)134-100(9,10)136-103/h16-31,38-40,42-43,45,54,61-63,69,71,73,85-87,127-130H,15,32-37,41,44,46-53H2,1-14H3,(H2,107,113,121,124)(H2,108,112,115,119)(H2,109,111,120,125)(H2,110,114,122,123). The summed E-state index contributed by atoms with van der Waals surface area (Å²) in [6, 6.07) is 38.9. The van der Waals surface area contributed by atoms with Gasteiger partial charge in [0.1, 0.15) is 62.0 Å². The first-order valence-electron chi connectivity index (χ1n) is 49.6. The molecule has 3 aliphatic heterocycles. The number of aromatic nitrogens is 12. The average molecular weight is 2010 g/mol. The van der Waals surface area contributed by atoms with Crippen LogP contribution in [-0.4, -0.2) is 178 Å². The molecule has 15 aromatic rings. The Bertz CT molecular complexity index is 7340. The number of fused-ring (bicyclic) bond motifs is 6. The van der Waals surface area contributed by atoms with E-state index in [2.05, 4.69) is 128 Å². The van der Waals surface area contributed by atoms with Crippen LogP contribution in [0, 0.1) is 63.2 Å². The van der Waals surface area contributed by atoms with Crippen molar-refractivity contribution < 1.29 is 62.4 Å². The maximum absolute atomic E-state index is 12.4. The second-order valence-corrected chi connectivity index (χ2v) is 45.4. The van der Waals surface area contributed by atoms with Gasteiger partial charge in [-0.3, -0.25) is 0 Å². The van der Waals surface area contributed by atoms with Gasteiger partial charge in [0, 0.05) is 97.8 Å². The van der Waals surface area contributed by atoms with E-state index in [0.717, 1.165) is 134 Å². The number of nitrogens with zero attached hydrogens (tertiary/aromatic N) is 12. The van der Waals surface area contributed by atoms with E-state index >= 15 is 0 Å². The zero-order valence-electron chi connectivity index (χ0n) is 82.5. The van der Waals surface area contributed by atoms with Crippen LogP contribution >= 0.6 is 45.3 Å². The predicted molar refractivity (Wildman–Crippen MR) is 554 cm³/mol. The number of aliphatic hydroxyl groups is 4. The number of ether oxygens (including phenoxy) is 7. The number of methoxy groups -OCH3 is 1. The minimum atomic E-state index is -1.31. The van der Waals surface area contributed by atoms with Crippen molar-refractivity contribution in [2.75, 3.05) is 76.0 Å². The summed E-state index contributed by atoms with van der Waals surface area (Å²) in [6.07, 6.45) is 9.38. The van der Waals surface area contributed by atoms with E-state index in [1.165, 1.54) is 0 Å². The number of aliphatic hydroxyl groups excluding tert-OH is 4. The van der Waals surface area contributed by atoms with Gasteiger partial charge < -0.3 is 110 Å². The Hall–Kier alpha value is -11.4. The zero-order chi connectivity index (χ0) is 98.8. The van der Waals surface area contributed by atoms with Crippen LogP contribution in [0.3, 0.4) is 0 Å². The Morgan fingerprint density at radius 1 is 0.531 bits per heavy atom. The van der Waals surface area contributed by atoms with Crippen molar-refractivity contribution in [2.24, 2.45) is 42.6 Å². The fourth-order valence-corrected chi connectivity index (χ4v) is 28.1. The largest absolute Gasteiger partial charge is 0.467 e. The monoisotopic (exact) mass is 2010 g/mol. The molecule has 5 saturated carbocycles. The van der Waals surface area contributed by atoms with Gasteiger partial charge in [-0.15, -0.1) is 45.3 Å². The first-order valence-corrected chi connectivity index (χ1v) is 52.8. The van der Waals surface area contributed by atoms with Gasteiger partial charge >= 0.3 is 0 Å². The molecule has 1 spiro atoms. The molecule has 0 radical (unpaired) electrons. The van der Waals surface area contributed by atoms with Crippen LogP contribution in [0.4, 0.5) is 47.1 Å². The third kappa shape index (κ3) is 17.1. The molecule has 8 aliphatic rings. The topological polar surface area (TPSA) is 415 Å². The Morgan fingerprint density at radius 2 is 1.08 bits per heavy atom. The van der Waals surface area contributed by atoms with Crippen LogP contribution in [0.2, 0.25) is 0 Å². The van der Waals surface area contributed by atoms with Crippen LogP contribution in [-0.2, 0) is 84.9 Å². The van der Waals surface area contributed by atoms with Crippen molar-refractivity contribution in [1.82, 2.24) is 59.4 Å². The number of para-hydroxylation sites is 1. The van der Waals surface area contributed by atoms with Gasteiger partial charge in [-0.2, -0.15) is 19.9 Å². The smallest absolute Gasteiger partial charge is 0.225 e. The van der Waals surface area contributed by atoms with Crippen LogP contribution in [0.15, 0.2) is 143 Å². The van der Waals surface area contributed by atoms with Crippen LogP contribution in [0.5, 0.6) is 0 Å². The maximum Gasteiger partial charge on any atom is 0.225 e. The normalized spacial score (nSPS) is 27.3. The van der Waals surface area contributed by atoms with Crippen LogP contribution < -0.4 is 42.5 Å². The summed E-state index contributed by atoms with van der Waals surface area (Å²) in [7, 11) is 3.70. The predicted octanol–water partition coefficient (Wildman–Crippen LogP) is 18.9. The third-order valence-corrected chi connectivity index (χ3v) is 35.3. The second kappa shape index (κ2) is 36.4. The number of furan rings is 2. The van der Waals surface area contributed by atoms with Gasteiger partial charge in [-0.05, 0) is 252 Å². The van der Waals surface area contributed by atoms with Crippen molar-refractivity contribution in [3.63, 3.8) is 0 Å². The van der Waals surface area contributed by atoms with Crippen molar-refractivity contribution in [3.8, 4) is 42.2 Å². The molecule has 23 rings (SSSR count). The van der Waals surface area contributed by atoms with Crippen molar-refractivity contribution in [1.29, 1.82) is 0 Å². The summed E-state index contributed by atoms with van der Waals surface area (Å²) < 4.78 is 66.6. The van der Waals surface area contributed by atoms with Gasteiger partial charge in [0.15, 0.2) is 40.1 Å². The molecule has 16 atom stereocenters. The average Bonchev–Trinajstić information content (AvgIpc) is 1.47. The lowest BCUT2D eigenvalue weighted by molar-refractivity contribution is -0.190. The van der Waals surface area contributed by atoms with E-state index in [0.29, 0.717) is 149 Å². The molecule has 8 fully saturated rings. The minimum absolute atomic E-state index is 0.000283. The number of nitrogens with one attached hydrogen (secondary N) is 8. The molecule has 5 aliphatic carbocycles. The quantitative estimate of drug-likeness (QED) is 0.0178. The Kier molecular flexibility index (Phi) is 24.2. The van der Waals surface area contributed by atoms with Gasteiger partial charge in [0.05, 0.1) is 120 Å². The van der Waals surface area contributed by atoms with E-state index in [9.17, 15) is 20.4 Å². The number of hydrogen-bond donors (Lipinski definition) is 12. The first kappa shape index (κ1) is 95.2. The molecule has 37 heteroatoms. The SMILES string of the molecule is CCc1c(-c2c(C)nc(NCc3ccco3)nc2NC23CCC4C(O)C42OC(C)(Cc2ccc4sc(-c5c(C)nc(NCc6ccco6)nc5NC5CC(CO)C(Cc6ccc7sc(-c8c(C)nc(NCC(C)(C)OC)nc8NC89CCC(CO)C8OC(C)(C)O9)nc7c6)C5C)nc4c2)O3)sc2ccc(C3(C)OC4C(CO)CCC4(Nc4nc(NCc5cccn5C)nc(C)c4-c4nc5ccccc5s4)O3)cc12. The lowest BCUT2D eigenvalue weighted by Crippen LogP contribution is -2.50. The zero-order valence-corrected chi connectivity index (χ0v) is 85.7. The fraction of sp³-hybridized carbons (Fsp3) is 0.462. The van der Waals surface area contributed by atoms with Crippen molar-refractivity contribution in [2.45, 2.75) is 237 Å². The molecule has 16 unspecified atom stereocenters. The lowest BCUT2D eigenvalue weighted by Gasteiger charge is -2.34. The van der Waals surface area contributed by atoms with Crippen LogP contribution in [0.25, 0.3) is 82.9 Å². The second-order valence-electron chi connectivity index (χ2n) is 41.3. The molecule has 143 heavy (non-hydrogen) atoms. The highest BCUT2D eigenvalue weighted by Crippen LogP contribution is 2.71. The molecular weight excluding hydrogens is 1890 g/mol. The maximum atomic E-state index is 12.4. The van der Waals surface area contributed by atoms with Crippen molar-refractivity contribution in [3.05, 3.63) is 196 Å². The molecule has 12 N–H and O–H groups in total. The summed E-state index contributed by atoms with van der Waals surface area (Å²) >= 11 is 6.39. The van der Waals surface area contributed by atoms with Gasteiger partial charge in [0.2, 0.25) is 23.8 Å². The van der Waals surface area contributed by atoms with E-state index in [4.69, 9.17) is 96.8 Å². The minimum Gasteiger partial charge on any atom is -0.467 e. The Morgan fingerprint density at radius 3 is 1.67 bits per heavy atom. The molecule has 746 valence electrons. The molecule has 3 saturated heterocycles. The van der Waals surface area contributed by atoms with E-state index < -0.39 is 64.1 Å². The molecule has 33 nitrogen and oxygen atoms in total. The highest BCUT2D eigenvalue weighted by Gasteiger charge is 2.86. The third-order valence-electron chi connectivity index (χ3n) is 30.9. The van der Waals surface area contributed by atoms with Crippen molar-refractivity contribution >= 4 is 133 Å². The Balaban J connectivity index is 0.523. The van der Waals surface area contributed by atoms with E-state index in [1.807, 2.05) is 131 Å². The number of thiazole rings is 3. The number of hydrogen-bond acceptors (Lipinski definition) is 36. The summed E-state index contributed by atoms with van der Waals surface area (Å²) in [4.78, 5) is 58.4. The first-order chi connectivity index (χ1) is 68.8. The molecule has 11 aromatic heterocycles. The number of benzene rings is 4.